The fraction of sp³-hybridized carbons (Fsp3) is 0.611. The van der Waals surface area contributed by atoms with Crippen LogP contribution < -0.4 is 5.32 Å². The van der Waals surface area contributed by atoms with Crippen LogP contribution in [0, 0.1) is 0 Å². The first-order chi connectivity index (χ1) is 12.1. The van der Waals surface area contributed by atoms with E-state index in [9.17, 15) is 4.79 Å². The van der Waals surface area contributed by atoms with E-state index in [-0.39, 0.29) is 24.7 Å². The molecule has 1 N–H and O–H groups in total. The Balaban J connectivity index is 1.58. The summed E-state index contributed by atoms with van der Waals surface area (Å²) < 4.78 is 11.5. The molecule has 2 fully saturated rings. The molecule has 25 heavy (non-hydrogen) atoms. The number of nitrogens with zero attached hydrogens (tertiary/aromatic N) is 1. The van der Waals surface area contributed by atoms with Crippen LogP contribution in [0.15, 0.2) is 18.2 Å². The zero-order valence-corrected chi connectivity index (χ0v) is 15.7. The summed E-state index contributed by atoms with van der Waals surface area (Å²) in [6, 6.07) is 5.03. The highest BCUT2D eigenvalue weighted by Crippen LogP contribution is 2.25. The van der Waals surface area contributed by atoms with Crippen molar-refractivity contribution in [3.63, 3.8) is 0 Å². The first-order valence-corrected chi connectivity index (χ1v) is 9.56. The summed E-state index contributed by atoms with van der Waals surface area (Å²) in [5.74, 6) is -0.111. The van der Waals surface area contributed by atoms with Crippen molar-refractivity contribution in [1.29, 1.82) is 0 Å². The minimum atomic E-state index is -0.111. The first kappa shape index (κ1) is 18.9. The smallest absolute Gasteiger partial charge is 0.238 e. The summed E-state index contributed by atoms with van der Waals surface area (Å²) >= 11 is 12.1. The molecule has 0 bridgehead atoms. The van der Waals surface area contributed by atoms with Gasteiger partial charge in [0.2, 0.25) is 5.91 Å². The lowest BCUT2D eigenvalue weighted by Gasteiger charge is -2.27. The van der Waals surface area contributed by atoms with Gasteiger partial charge in [0.15, 0.2) is 0 Å². The number of ether oxygens (including phenoxy) is 2. The van der Waals surface area contributed by atoms with Crippen LogP contribution in [0.25, 0.3) is 0 Å². The second-order valence-electron chi connectivity index (χ2n) is 6.64. The molecule has 138 valence electrons. The molecule has 2 saturated heterocycles. The van der Waals surface area contributed by atoms with Gasteiger partial charge in [-0.25, -0.2) is 0 Å². The molecule has 0 aliphatic carbocycles. The quantitative estimate of drug-likeness (QED) is 0.777. The van der Waals surface area contributed by atoms with Gasteiger partial charge in [-0.3, -0.25) is 9.69 Å². The number of halogens is 2. The molecule has 2 aliphatic rings. The number of anilines is 1. The third-order valence-electron chi connectivity index (χ3n) is 4.54. The number of hydrogen-bond acceptors (Lipinski definition) is 4. The molecule has 1 aromatic carbocycles. The third-order valence-corrected chi connectivity index (χ3v) is 5.11. The van der Waals surface area contributed by atoms with E-state index >= 15 is 0 Å². The SMILES string of the molecule is O=C(CN(C[C@@H]1CCCO1)C[C@@H]1CCCO1)Nc1cc(Cl)ccc1Cl. The molecule has 5 nitrogen and oxygen atoms in total. The van der Waals surface area contributed by atoms with Crippen molar-refractivity contribution in [1.82, 2.24) is 4.90 Å². The summed E-state index contributed by atoms with van der Waals surface area (Å²) in [4.78, 5) is 14.6. The highest BCUT2D eigenvalue weighted by Gasteiger charge is 2.25. The van der Waals surface area contributed by atoms with E-state index in [0.717, 1.165) is 52.0 Å². The predicted octanol–water partition coefficient (Wildman–Crippen LogP) is 3.59. The Bertz CT molecular complexity index is 570. The van der Waals surface area contributed by atoms with E-state index in [0.29, 0.717) is 15.7 Å². The lowest BCUT2D eigenvalue weighted by Crippen LogP contribution is -2.42. The Kier molecular flexibility index (Phi) is 6.96. The molecular weight excluding hydrogens is 363 g/mol. The number of benzene rings is 1. The Morgan fingerprint density at radius 3 is 2.32 bits per heavy atom. The molecule has 2 heterocycles. The molecule has 0 spiro atoms. The van der Waals surface area contributed by atoms with Crippen LogP contribution in [-0.2, 0) is 14.3 Å². The van der Waals surface area contributed by atoms with Crippen molar-refractivity contribution in [2.24, 2.45) is 0 Å². The van der Waals surface area contributed by atoms with Gasteiger partial charge in [-0.2, -0.15) is 0 Å². The molecule has 2 atom stereocenters. The number of carbonyl (C=O) groups excluding carboxylic acids is 1. The van der Waals surface area contributed by atoms with Gasteiger partial charge in [-0.05, 0) is 43.9 Å². The maximum absolute atomic E-state index is 12.5. The van der Waals surface area contributed by atoms with Crippen LogP contribution in [0.1, 0.15) is 25.7 Å². The zero-order valence-electron chi connectivity index (χ0n) is 14.2. The molecule has 1 amide bonds. The minimum absolute atomic E-state index is 0.111. The Labute approximate surface area is 158 Å². The van der Waals surface area contributed by atoms with Gasteiger partial charge in [0, 0.05) is 31.3 Å². The van der Waals surface area contributed by atoms with Gasteiger partial charge in [0.1, 0.15) is 0 Å². The number of rotatable bonds is 7. The first-order valence-electron chi connectivity index (χ1n) is 8.80. The normalized spacial score (nSPS) is 23.3. The summed E-state index contributed by atoms with van der Waals surface area (Å²) in [5, 5.41) is 3.86. The second kappa shape index (κ2) is 9.19. The fourth-order valence-corrected chi connectivity index (χ4v) is 3.68. The van der Waals surface area contributed by atoms with Crippen molar-refractivity contribution in [3.8, 4) is 0 Å². The van der Waals surface area contributed by atoms with Crippen LogP contribution in [0.3, 0.4) is 0 Å². The summed E-state index contributed by atoms with van der Waals surface area (Å²) in [6.07, 6.45) is 4.66. The van der Waals surface area contributed by atoms with E-state index in [2.05, 4.69) is 10.2 Å². The molecule has 0 saturated carbocycles. The second-order valence-corrected chi connectivity index (χ2v) is 7.48. The maximum atomic E-state index is 12.5. The Morgan fingerprint density at radius 1 is 1.12 bits per heavy atom. The Hall–Kier alpha value is -0.850. The van der Waals surface area contributed by atoms with Crippen LogP contribution in [0.5, 0.6) is 0 Å². The lowest BCUT2D eigenvalue weighted by atomic mass is 10.2. The molecular formula is C18H24Cl2N2O3. The maximum Gasteiger partial charge on any atom is 0.238 e. The van der Waals surface area contributed by atoms with Crippen LogP contribution in [-0.4, -0.2) is 55.9 Å². The van der Waals surface area contributed by atoms with Crippen molar-refractivity contribution < 1.29 is 14.3 Å². The molecule has 0 aromatic heterocycles. The van der Waals surface area contributed by atoms with Gasteiger partial charge >= 0.3 is 0 Å². The molecule has 7 heteroatoms. The fourth-order valence-electron chi connectivity index (χ4n) is 3.34. The Morgan fingerprint density at radius 2 is 1.76 bits per heavy atom. The van der Waals surface area contributed by atoms with E-state index < -0.39 is 0 Å². The highest BCUT2D eigenvalue weighted by molar-refractivity contribution is 6.35. The molecule has 0 radical (unpaired) electrons. The molecule has 3 rings (SSSR count). The molecule has 1 aromatic rings. The standard InChI is InChI=1S/C18H24Cl2N2O3/c19-13-5-6-16(20)17(9-13)21-18(23)12-22(10-14-3-1-7-24-14)11-15-4-2-8-25-15/h5-6,9,14-15H,1-4,7-8,10-12H2,(H,21,23)/t14-,15-/m0/s1. The number of carbonyl (C=O) groups is 1. The van der Waals surface area contributed by atoms with E-state index in [1.165, 1.54) is 0 Å². The van der Waals surface area contributed by atoms with E-state index in [1.807, 2.05) is 0 Å². The van der Waals surface area contributed by atoms with Gasteiger partial charge < -0.3 is 14.8 Å². The molecule has 2 aliphatic heterocycles. The number of hydrogen-bond donors (Lipinski definition) is 1. The van der Waals surface area contributed by atoms with Crippen LogP contribution in [0.4, 0.5) is 5.69 Å². The average Bonchev–Trinajstić information content (AvgIpc) is 3.25. The van der Waals surface area contributed by atoms with E-state index in [4.69, 9.17) is 32.7 Å². The summed E-state index contributed by atoms with van der Waals surface area (Å²) in [6.45, 7) is 3.39. The number of amides is 1. The summed E-state index contributed by atoms with van der Waals surface area (Å²) in [7, 11) is 0. The topological polar surface area (TPSA) is 50.8 Å². The van der Waals surface area contributed by atoms with Gasteiger partial charge in [0.05, 0.1) is 29.5 Å². The lowest BCUT2D eigenvalue weighted by molar-refractivity contribution is -0.118. The summed E-state index contributed by atoms with van der Waals surface area (Å²) in [5.41, 5.74) is 0.536. The average molecular weight is 387 g/mol. The van der Waals surface area contributed by atoms with Gasteiger partial charge in [0.25, 0.3) is 0 Å². The predicted molar refractivity (Wildman–Crippen MR) is 99.5 cm³/mol. The largest absolute Gasteiger partial charge is 0.377 e. The number of nitrogens with one attached hydrogen (secondary N) is 1. The van der Waals surface area contributed by atoms with Gasteiger partial charge in [-0.1, -0.05) is 23.2 Å². The third kappa shape index (κ3) is 5.83. The van der Waals surface area contributed by atoms with Crippen molar-refractivity contribution in [2.45, 2.75) is 37.9 Å². The van der Waals surface area contributed by atoms with Crippen LogP contribution >= 0.6 is 23.2 Å². The van der Waals surface area contributed by atoms with Crippen molar-refractivity contribution in [3.05, 3.63) is 28.2 Å². The minimum Gasteiger partial charge on any atom is -0.377 e. The van der Waals surface area contributed by atoms with Crippen LogP contribution in [0.2, 0.25) is 10.0 Å². The van der Waals surface area contributed by atoms with Gasteiger partial charge in [-0.15, -0.1) is 0 Å². The highest BCUT2D eigenvalue weighted by atomic mass is 35.5. The van der Waals surface area contributed by atoms with Crippen molar-refractivity contribution in [2.75, 3.05) is 38.2 Å². The zero-order chi connectivity index (χ0) is 17.6. The monoisotopic (exact) mass is 386 g/mol. The van der Waals surface area contributed by atoms with E-state index in [1.54, 1.807) is 18.2 Å². The molecule has 0 unspecified atom stereocenters. The van der Waals surface area contributed by atoms with Crippen molar-refractivity contribution >= 4 is 34.8 Å².